The molecule has 0 bridgehead atoms. The average molecular weight is 394 g/mol. The molecule has 28 heavy (non-hydrogen) atoms. The van der Waals surface area contributed by atoms with Gasteiger partial charge in [0, 0.05) is 32.7 Å². The van der Waals surface area contributed by atoms with Gasteiger partial charge in [0.05, 0.1) is 26.4 Å². The molecule has 0 saturated carbocycles. The zero-order valence-corrected chi connectivity index (χ0v) is 17.4. The van der Waals surface area contributed by atoms with E-state index in [1.54, 1.807) is 7.11 Å². The van der Waals surface area contributed by atoms with E-state index in [-0.39, 0.29) is 6.61 Å². The summed E-state index contributed by atoms with van der Waals surface area (Å²) >= 11 is 0. The lowest BCUT2D eigenvalue weighted by atomic mass is 10.1. The first kappa shape index (κ1) is 22.5. The third-order valence-electron chi connectivity index (χ3n) is 4.59. The van der Waals surface area contributed by atoms with Gasteiger partial charge in [0.2, 0.25) is 0 Å². The smallest absolute Gasteiger partial charge is 0.194 e. The van der Waals surface area contributed by atoms with Crippen LogP contribution in [0.3, 0.4) is 0 Å². The molecule has 1 fully saturated rings. The normalized spacial score (nSPS) is 18.4. The molecule has 7 nitrogen and oxygen atoms in total. The summed E-state index contributed by atoms with van der Waals surface area (Å²) in [6.45, 7) is 9.25. The summed E-state index contributed by atoms with van der Waals surface area (Å²) in [6.07, 6.45) is 0.432. The van der Waals surface area contributed by atoms with Crippen molar-refractivity contribution in [1.29, 1.82) is 0 Å². The zero-order chi connectivity index (χ0) is 20.2. The van der Waals surface area contributed by atoms with E-state index in [1.165, 1.54) is 0 Å². The number of methoxy groups -OCH3 is 1. The summed E-state index contributed by atoms with van der Waals surface area (Å²) in [6, 6.07) is 7.81. The van der Waals surface area contributed by atoms with Gasteiger partial charge >= 0.3 is 0 Å². The van der Waals surface area contributed by atoms with Crippen molar-refractivity contribution in [1.82, 2.24) is 10.2 Å². The summed E-state index contributed by atoms with van der Waals surface area (Å²) in [5.41, 5.74) is 1.13. The van der Waals surface area contributed by atoms with Crippen molar-refractivity contribution in [2.24, 2.45) is 10.9 Å². The lowest BCUT2D eigenvalue weighted by molar-refractivity contribution is 0.0536. The van der Waals surface area contributed by atoms with Gasteiger partial charge in [-0.2, -0.15) is 0 Å². The van der Waals surface area contributed by atoms with Crippen LogP contribution in [0, 0.1) is 12.8 Å². The number of aliphatic hydroxyl groups excluding tert-OH is 1. The van der Waals surface area contributed by atoms with Gasteiger partial charge in [-0.05, 0) is 38.0 Å². The van der Waals surface area contributed by atoms with Crippen molar-refractivity contribution >= 4 is 5.96 Å². The van der Waals surface area contributed by atoms with Crippen LogP contribution in [0.1, 0.15) is 18.9 Å². The van der Waals surface area contributed by atoms with Gasteiger partial charge in [-0.15, -0.1) is 0 Å². The number of rotatable bonds is 11. The van der Waals surface area contributed by atoms with Crippen LogP contribution in [0.5, 0.6) is 5.75 Å². The van der Waals surface area contributed by atoms with Crippen molar-refractivity contribution in [2.45, 2.75) is 26.4 Å². The molecule has 2 rings (SSSR count). The molecule has 0 radical (unpaired) electrons. The van der Waals surface area contributed by atoms with Crippen molar-refractivity contribution in [3.63, 3.8) is 0 Å². The molecule has 0 amide bonds. The minimum absolute atomic E-state index is 0.225. The van der Waals surface area contributed by atoms with E-state index >= 15 is 0 Å². The highest BCUT2D eigenvalue weighted by molar-refractivity contribution is 5.80. The monoisotopic (exact) mass is 393 g/mol. The first-order valence-electron chi connectivity index (χ1n) is 10.1. The number of hydrogen-bond acceptors (Lipinski definition) is 5. The molecule has 7 heteroatoms. The average Bonchev–Trinajstić information content (AvgIpc) is 3.16. The molecule has 2 unspecified atom stereocenters. The van der Waals surface area contributed by atoms with Crippen molar-refractivity contribution in [3.05, 3.63) is 29.8 Å². The molecule has 0 aliphatic carbocycles. The molecule has 1 aromatic rings. The maximum Gasteiger partial charge on any atom is 0.194 e. The Bertz CT molecular complexity index is 597. The summed E-state index contributed by atoms with van der Waals surface area (Å²) in [7, 11) is 1.68. The zero-order valence-electron chi connectivity index (χ0n) is 17.4. The molecular formula is C21H35N3O4. The maximum absolute atomic E-state index is 10.2. The second-order valence-electron chi connectivity index (χ2n) is 7.14. The van der Waals surface area contributed by atoms with Crippen LogP contribution in [-0.4, -0.2) is 81.8 Å². The Balaban J connectivity index is 1.77. The van der Waals surface area contributed by atoms with Gasteiger partial charge in [0.25, 0.3) is 0 Å². The number of likely N-dealkylation sites (tertiary alicyclic amines) is 1. The summed E-state index contributed by atoms with van der Waals surface area (Å²) in [4.78, 5) is 6.85. The first-order chi connectivity index (χ1) is 13.6. The highest BCUT2D eigenvalue weighted by Gasteiger charge is 2.25. The fraction of sp³-hybridized carbons (Fsp3) is 0.667. The van der Waals surface area contributed by atoms with Gasteiger partial charge in [-0.25, -0.2) is 0 Å². The number of benzene rings is 1. The number of nitrogens with zero attached hydrogens (tertiary/aromatic N) is 2. The van der Waals surface area contributed by atoms with Crippen molar-refractivity contribution < 1.29 is 19.3 Å². The van der Waals surface area contributed by atoms with Gasteiger partial charge in [-0.3, -0.25) is 4.99 Å². The molecule has 0 aromatic heterocycles. The van der Waals surface area contributed by atoms with Crippen LogP contribution < -0.4 is 10.1 Å². The highest BCUT2D eigenvalue weighted by atomic mass is 16.5. The predicted octanol–water partition coefficient (Wildman–Crippen LogP) is 1.69. The number of hydrogen-bond donors (Lipinski definition) is 2. The van der Waals surface area contributed by atoms with Crippen LogP contribution in [0.25, 0.3) is 0 Å². The Kier molecular flexibility index (Phi) is 10.1. The van der Waals surface area contributed by atoms with Crippen molar-refractivity contribution in [2.75, 3.05) is 59.7 Å². The number of aryl methyl sites for hydroxylation is 1. The van der Waals surface area contributed by atoms with E-state index in [4.69, 9.17) is 14.2 Å². The number of aliphatic hydroxyl groups is 1. The largest absolute Gasteiger partial charge is 0.491 e. The van der Waals surface area contributed by atoms with Gasteiger partial charge in [-0.1, -0.05) is 12.1 Å². The lowest BCUT2D eigenvalue weighted by Crippen LogP contribution is -2.41. The first-order valence-corrected chi connectivity index (χ1v) is 10.1. The topological polar surface area (TPSA) is 75.6 Å². The fourth-order valence-corrected chi connectivity index (χ4v) is 3.12. The SMILES string of the molecule is CCNC(=NCC(O)COc1cccc(C)c1)N1CCC(COCCOC)C1. The van der Waals surface area contributed by atoms with E-state index in [0.29, 0.717) is 25.7 Å². The molecule has 2 atom stereocenters. The third-order valence-corrected chi connectivity index (χ3v) is 4.59. The maximum atomic E-state index is 10.2. The second kappa shape index (κ2) is 12.6. The Morgan fingerprint density at radius 2 is 2.25 bits per heavy atom. The molecule has 1 aliphatic rings. The molecule has 2 N–H and O–H groups in total. The number of nitrogens with one attached hydrogen (secondary N) is 1. The van der Waals surface area contributed by atoms with Gasteiger partial charge in [0.15, 0.2) is 5.96 Å². The highest BCUT2D eigenvalue weighted by Crippen LogP contribution is 2.17. The molecule has 1 heterocycles. The standard InChI is InChI=1S/C21H35N3O4/c1-4-22-21(24-9-8-18(14-24)15-27-11-10-26-3)23-13-19(25)16-28-20-7-5-6-17(2)12-20/h5-7,12,18-19,25H,4,8-11,13-16H2,1-3H3,(H,22,23). The lowest BCUT2D eigenvalue weighted by Gasteiger charge is -2.22. The number of ether oxygens (including phenoxy) is 3. The Labute approximate surface area is 168 Å². The van der Waals surface area contributed by atoms with Crippen LogP contribution in [0.2, 0.25) is 0 Å². The third kappa shape index (κ3) is 8.04. The summed E-state index contributed by atoms with van der Waals surface area (Å²) < 4.78 is 16.3. The summed E-state index contributed by atoms with van der Waals surface area (Å²) in [5, 5.41) is 13.6. The van der Waals surface area contributed by atoms with Gasteiger partial charge < -0.3 is 29.5 Å². The molecule has 0 spiro atoms. The molecular weight excluding hydrogens is 358 g/mol. The van der Waals surface area contributed by atoms with E-state index in [9.17, 15) is 5.11 Å². The number of guanidine groups is 1. The van der Waals surface area contributed by atoms with Crippen LogP contribution >= 0.6 is 0 Å². The molecule has 1 aromatic carbocycles. The quantitative estimate of drug-likeness (QED) is 0.339. The number of aliphatic imine (C=N–C) groups is 1. The van der Waals surface area contributed by atoms with Crippen LogP contribution in [0.4, 0.5) is 0 Å². The Hall–Kier alpha value is -1.83. The Morgan fingerprint density at radius 1 is 1.39 bits per heavy atom. The molecule has 1 saturated heterocycles. The molecule has 1 aliphatic heterocycles. The second-order valence-corrected chi connectivity index (χ2v) is 7.14. The van der Waals surface area contributed by atoms with E-state index in [0.717, 1.165) is 49.9 Å². The van der Waals surface area contributed by atoms with Crippen molar-refractivity contribution in [3.8, 4) is 5.75 Å². The van der Waals surface area contributed by atoms with Gasteiger partial charge in [0.1, 0.15) is 18.5 Å². The predicted molar refractivity (Wildman–Crippen MR) is 111 cm³/mol. The van der Waals surface area contributed by atoms with Crippen LogP contribution in [0.15, 0.2) is 29.3 Å². The van der Waals surface area contributed by atoms with E-state index < -0.39 is 6.10 Å². The van der Waals surface area contributed by atoms with E-state index in [1.807, 2.05) is 38.1 Å². The fourth-order valence-electron chi connectivity index (χ4n) is 3.12. The summed E-state index contributed by atoms with van der Waals surface area (Å²) in [5.74, 6) is 2.11. The minimum Gasteiger partial charge on any atom is -0.491 e. The van der Waals surface area contributed by atoms with Crippen LogP contribution in [-0.2, 0) is 9.47 Å². The Morgan fingerprint density at radius 3 is 3.00 bits per heavy atom. The molecule has 158 valence electrons. The minimum atomic E-state index is -0.648. The van der Waals surface area contributed by atoms with E-state index in [2.05, 4.69) is 15.2 Å².